The average Bonchev–Trinajstić information content (AvgIpc) is 2.53. The number of hydrogen-bond acceptors (Lipinski definition) is 2. The van der Waals surface area contributed by atoms with E-state index in [1.807, 2.05) is 30.9 Å². The van der Waals surface area contributed by atoms with Gasteiger partial charge in [0.25, 0.3) is 5.91 Å². The fraction of sp³-hybridized carbons (Fsp3) is 0.696. The Morgan fingerprint density at radius 2 is 1.96 bits per heavy atom. The second-order valence-corrected chi connectivity index (χ2v) is 9.25. The van der Waals surface area contributed by atoms with Crippen molar-refractivity contribution in [2.75, 3.05) is 13.1 Å². The van der Waals surface area contributed by atoms with Crippen molar-refractivity contribution in [2.45, 2.75) is 72.8 Å². The van der Waals surface area contributed by atoms with Crippen LogP contribution in [0, 0.1) is 17.8 Å². The topological polar surface area (TPSA) is 29.5 Å². The minimum atomic E-state index is -0.837. The van der Waals surface area contributed by atoms with Crippen molar-refractivity contribution in [3.8, 4) is 5.75 Å². The Morgan fingerprint density at radius 1 is 1.23 bits per heavy atom. The number of carbonyl (C=O) groups is 1. The van der Waals surface area contributed by atoms with Crippen molar-refractivity contribution < 1.29 is 9.53 Å². The molecule has 0 saturated carbocycles. The molecule has 2 rings (SSSR count). The summed E-state index contributed by atoms with van der Waals surface area (Å²) in [6, 6.07) is 8.18. The van der Waals surface area contributed by atoms with Crippen molar-refractivity contribution in [3.05, 3.63) is 29.8 Å². The molecule has 0 aliphatic carbocycles. The molecule has 0 N–H and O–H groups in total. The Labute approximate surface area is 160 Å². The Hall–Kier alpha value is -1.51. The summed E-state index contributed by atoms with van der Waals surface area (Å²) in [5, 5.41) is 0. The zero-order chi connectivity index (χ0) is 19.3. The second-order valence-electron chi connectivity index (χ2n) is 9.25. The molecule has 1 amide bonds. The monoisotopic (exact) mass is 359 g/mol. The molecule has 0 aromatic heterocycles. The fourth-order valence-electron chi connectivity index (χ4n) is 4.03. The van der Waals surface area contributed by atoms with Gasteiger partial charge in [-0.2, -0.15) is 0 Å². The van der Waals surface area contributed by atoms with Gasteiger partial charge in [-0.1, -0.05) is 39.8 Å². The lowest BCUT2D eigenvalue weighted by molar-refractivity contribution is -0.147. The molecule has 0 bridgehead atoms. The first-order valence-electron chi connectivity index (χ1n) is 10.2. The van der Waals surface area contributed by atoms with Crippen LogP contribution in [0.15, 0.2) is 24.3 Å². The summed E-state index contributed by atoms with van der Waals surface area (Å²) < 4.78 is 6.16. The molecule has 1 saturated heterocycles. The van der Waals surface area contributed by atoms with Crippen LogP contribution >= 0.6 is 0 Å². The van der Waals surface area contributed by atoms with Crippen LogP contribution in [0.3, 0.4) is 0 Å². The number of piperidine rings is 1. The van der Waals surface area contributed by atoms with Gasteiger partial charge in [-0.25, -0.2) is 0 Å². The van der Waals surface area contributed by atoms with Gasteiger partial charge in [-0.05, 0) is 75.0 Å². The third-order valence-corrected chi connectivity index (χ3v) is 5.04. The van der Waals surface area contributed by atoms with Gasteiger partial charge in [-0.15, -0.1) is 0 Å². The zero-order valence-corrected chi connectivity index (χ0v) is 17.5. The highest BCUT2D eigenvalue weighted by atomic mass is 16.5. The van der Waals surface area contributed by atoms with Crippen LogP contribution in [-0.4, -0.2) is 29.5 Å². The summed E-state index contributed by atoms with van der Waals surface area (Å²) in [6.07, 6.45) is 4.56. The van der Waals surface area contributed by atoms with E-state index in [4.69, 9.17) is 4.74 Å². The van der Waals surface area contributed by atoms with E-state index in [0.717, 1.165) is 31.7 Å². The number of carbonyl (C=O) groups excluding carboxylic acids is 1. The smallest absolute Gasteiger partial charge is 0.266 e. The minimum Gasteiger partial charge on any atom is -0.478 e. The highest BCUT2D eigenvalue weighted by Crippen LogP contribution is 2.27. The summed E-state index contributed by atoms with van der Waals surface area (Å²) in [7, 11) is 0. The quantitative estimate of drug-likeness (QED) is 0.659. The van der Waals surface area contributed by atoms with E-state index >= 15 is 0 Å². The molecule has 0 radical (unpaired) electrons. The van der Waals surface area contributed by atoms with Gasteiger partial charge >= 0.3 is 0 Å². The maximum Gasteiger partial charge on any atom is 0.266 e. The van der Waals surface area contributed by atoms with Gasteiger partial charge in [0.15, 0.2) is 5.60 Å². The molecule has 26 heavy (non-hydrogen) atoms. The van der Waals surface area contributed by atoms with Crippen molar-refractivity contribution in [2.24, 2.45) is 17.8 Å². The molecule has 146 valence electrons. The first kappa shape index (κ1) is 20.8. The normalized spacial score (nSPS) is 18.5. The maximum absolute atomic E-state index is 13.1. The molecule has 1 aliphatic heterocycles. The second kappa shape index (κ2) is 8.92. The van der Waals surface area contributed by atoms with Crippen LogP contribution < -0.4 is 4.74 Å². The van der Waals surface area contributed by atoms with Crippen LogP contribution in [0.25, 0.3) is 0 Å². The van der Waals surface area contributed by atoms with E-state index in [2.05, 4.69) is 39.8 Å². The largest absolute Gasteiger partial charge is 0.478 e. The summed E-state index contributed by atoms with van der Waals surface area (Å²) in [6.45, 7) is 14.5. The Bertz CT molecular complexity index is 592. The standard InChI is InChI=1S/C23H37NO2/c1-17(2)13-19-9-7-11-21(15-19)26-23(5,6)22(25)24-12-8-10-20(16-24)14-18(3)4/h7,9,11,15,17-18,20H,8,10,12-14,16H2,1-6H3. The molecule has 3 heteroatoms. The Morgan fingerprint density at radius 3 is 2.62 bits per heavy atom. The molecule has 1 aromatic rings. The number of hydrogen-bond donors (Lipinski definition) is 0. The van der Waals surface area contributed by atoms with Crippen molar-refractivity contribution in [1.82, 2.24) is 4.90 Å². The zero-order valence-electron chi connectivity index (χ0n) is 17.5. The van der Waals surface area contributed by atoms with Crippen molar-refractivity contribution in [1.29, 1.82) is 0 Å². The maximum atomic E-state index is 13.1. The summed E-state index contributed by atoms with van der Waals surface area (Å²) >= 11 is 0. The minimum absolute atomic E-state index is 0.111. The Balaban J connectivity index is 2.03. The lowest BCUT2D eigenvalue weighted by Crippen LogP contribution is -2.52. The van der Waals surface area contributed by atoms with Crippen LogP contribution in [-0.2, 0) is 11.2 Å². The van der Waals surface area contributed by atoms with E-state index < -0.39 is 5.60 Å². The molecular formula is C23H37NO2. The first-order valence-corrected chi connectivity index (χ1v) is 10.2. The first-order chi connectivity index (χ1) is 12.2. The van der Waals surface area contributed by atoms with Crippen molar-refractivity contribution in [3.63, 3.8) is 0 Å². The highest BCUT2D eigenvalue weighted by molar-refractivity contribution is 5.85. The summed E-state index contributed by atoms with van der Waals surface area (Å²) in [5.74, 6) is 2.81. The van der Waals surface area contributed by atoms with Gasteiger partial charge in [0, 0.05) is 13.1 Å². The van der Waals surface area contributed by atoms with Crippen LogP contribution in [0.2, 0.25) is 0 Å². The molecule has 1 unspecified atom stereocenters. The number of amides is 1. The summed E-state index contributed by atoms with van der Waals surface area (Å²) in [4.78, 5) is 15.1. The fourth-order valence-corrected chi connectivity index (χ4v) is 4.03. The molecule has 1 atom stereocenters. The van der Waals surface area contributed by atoms with Crippen LogP contribution in [0.5, 0.6) is 5.75 Å². The number of benzene rings is 1. The summed E-state index contributed by atoms with van der Waals surface area (Å²) in [5.41, 5.74) is 0.423. The molecule has 0 spiro atoms. The molecule has 1 heterocycles. The predicted molar refractivity (Wildman–Crippen MR) is 108 cm³/mol. The number of rotatable bonds is 7. The van der Waals surface area contributed by atoms with Gasteiger partial charge in [0.05, 0.1) is 0 Å². The van der Waals surface area contributed by atoms with E-state index in [1.165, 1.54) is 18.4 Å². The van der Waals surface area contributed by atoms with Crippen molar-refractivity contribution >= 4 is 5.91 Å². The third-order valence-electron chi connectivity index (χ3n) is 5.04. The van der Waals surface area contributed by atoms with Gasteiger partial charge in [0.1, 0.15) is 5.75 Å². The number of ether oxygens (including phenoxy) is 1. The number of likely N-dealkylation sites (tertiary alicyclic amines) is 1. The number of nitrogens with zero attached hydrogens (tertiary/aromatic N) is 1. The molecule has 1 aromatic carbocycles. The van der Waals surface area contributed by atoms with Gasteiger partial charge in [-0.3, -0.25) is 4.79 Å². The predicted octanol–water partition coefficient (Wildman–Crippen LogP) is 5.33. The van der Waals surface area contributed by atoms with Gasteiger partial charge in [0.2, 0.25) is 0 Å². The lowest BCUT2D eigenvalue weighted by atomic mass is 9.89. The van der Waals surface area contributed by atoms with E-state index in [1.54, 1.807) is 0 Å². The van der Waals surface area contributed by atoms with E-state index in [-0.39, 0.29) is 5.91 Å². The molecule has 1 fully saturated rings. The lowest BCUT2D eigenvalue weighted by Gasteiger charge is -2.38. The van der Waals surface area contributed by atoms with Crippen LogP contribution in [0.1, 0.15) is 66.4 Å². The Kier molecular flexibility index (Phi) is 7.14. The van der Waals surface area contributed by atoms with E-state index in [9.17, 15) is 4.79 Å². The molecule has 3 nitrogen and oxygen atoms in total. The van der Waals surface area contributed by atoms with E-state index in [0.29, 0.717) is 17.8 Å². The highest BCUT2D eigenvalue weighted by Gasteiger charge is 2.36. The molecule has 1 aliphatic rings. The molecular weight excluding hydrogens is 322 g/mol. The SMILES string of the molecule is CC(C)Cc1cccc(OC(C)(C)C(=O)N2CCCC(CC(C)C)C2)c1. The average molecular weight is 360 g/mol. The van der Waals surface area contributed by atoms with Gasteiger partial charge < -0.3 is 9.64 Å². The third kappa shape index (κ3) is 6.03. The van der Waals surface area contributed by atoms with Crippen LogP contribution in [0.4, 0.5) is 0 Å².